The SMILES string of the molecule is C[C@@H](Nc1ccc2c(c1)OCCCO2)C(=O)N1CCN(Cc2ccccc2)CC1. The Kier molecular flexibility index (Phi) is 6.20. The van der Waals surface area contributed by atoms with E-state index in [1.807, 2.05) is 36.1 Å². The van der Waals surface area contributed by atoms with E-state index >= 15 is 0 Å². The molecule has 0 unspecified atom stereocenters. The molecule has 0 spiro atoms. The van der Waals surface area contributed by atoms with Gasteiger partial charge in [0.05, 0.1) is 13.2 Å². The lowest BCUT2D eigenvalue weighted by Crippen LogP contribution is -2.51. The van der Waals surface area contributed by atoms with Gasteiger partial charge in [0.1, 0.15) is 6.04 Å². The number of nitrogens with one attached hydrogen (secondary N) is 1. The summed E-state index contributed by atoms with van der Waals surface area (Å²) < 4.78 is 11.4. The van der Waals surface area contributed by atoms with Gasteiger partial charge in [-0.3, -0.25) is 9.69 Å². The zero-order chi connectivity index (χ0) is 20.1. The Morgan fingerprint density at radius 3 is 2.48 bits per heavy atom. The van der Waals surface area contributed by atoms with E-state index in [1.165, 1.54) is 5.56 Å². The predicted octanol–water partition coefficient (Wildman–Crippen LogP) is 2.99. The minimum absolute atomic E-state index is 0.136. The maximum absolute atomic E-state index is 12.9. The van der Waals surface area contributed by atoms with Gasteiger partial charge >= 0.3 is 0 Å². The minimum atomic E-state index is -0.291. The Morgan fingerprint density at radius 1 is 1.00 bits per heavy atom. The van der Waals surface area contributed by atoms with Crippen LogP contribution in [0.15, 0.2) is 48.5 Å². The number of hydrogen-bond donors (Lipinski definition) is 1. The molecule has 2 aromatic carbocycles. The molecule has 0 saturated carbocycles. The number of ether oxygens (including phenoxy) is 2. The van der Waals surface area contributed by atoms with E-state index < -0.39 is 0 Å². The summed E-state index contributed by atoms with van der Waals surface area (Å²) in [5.74, 6) is 1.64. The first-order valence-electron chi connectivity index (χ1n) is 10.4. The molecule has 0 bridgehead atoms. The number of benzene rings is 2. The summed E-state index contributed by atoms with van der Waals surface area (Å²) in [6.45, 7) is 7.51. The molecule has 0 radical (unpaired) electrons. The maximum Gasteiger partial charge on any atom is 0.244 e. The monoisotopic (exact) mass is 395 g/mol. The van der Waals surface area contributed by atoms with E-state index in [0.29, 0.717) is 13.2 Å². The van der Waals surface area contributed by atoms with Crippen LogP contribution in [0, 0.1) is 0 Å². The highest BCUT2D eigenvalue weighted by atomic mass is 16.5. The first-order chi connectivity index (χ1) is 14.2. The summed E-state index contributed by atoms with van der Waals surface area (Å²) >= 11 is 0. The van der Waals surface area contributed by atoms with Crippen LogP contribution in [0.2, 0.25) is 0 Å². The van der Waals surface area contributed by atoms with Crippen molar-refractivity contribution in [1.82, 2.24) is 9.80 Å². The van der Waals surface area contributed by atoms with Gasteiger partial charge in [0.2, 0.25) is 5.91 Å². The molecule has 2 aromatic rings. The first kappa shape index (κ1) is 19.6. The van der Waals surface area contributed by atoms with Crippen molar-refractivity contribution in [2.75, 3.05) is 44.7 Å². The quantitative estimate of drug-likeness (QED) is 0.844. The highest BCUT2D eigenvalue weighted by molar-refractivity contribution is 5.84. The predicted molar refractivity (Wildman–Crippen MR) is 113 cm³/mol. The van der Waals surface area contributed by atoms with Crippen LogP contribution in [-0.4, -0.2) is 61.1 Å². The van der Waals surface area contributed by atoms with Crippen molar-refractivity contribution >= 4 is 11.6 Å². The van der Waals surface area contributed by atoms with Gasteiger partial charge < -0.3 is 19.7 Å². The van der Waals surface area contributed by atoms with Crippen LogP contribution in [0.1, 0.15) is 18.9 Å². The molecule has 2 aliphatic rings. The fraction of sp³-hybridized carbons (Fsp3) is 0.435. The van der Waals surface area contributed by atoms with Crippen LogP contribution in [0.4, 0.5) is 5.69 Å². The lowest BCUT2D eigenvalue weighted by Gasteiger charge is -2.36. The van der Waals surface area contributed by atoms with E-state index in [0.717, 1.165) is 56.3 Å². The molecule has 1 atom stereocenters. The van der Waals surface area contributed by atoms with Gasteiger partial charge in [0.15, 0.2) is 11.5 Å². The van der Waals surface area contributed by atoms with Crippen LogP contribution < -0.4 is 14.8 Å². The summed E-state index contributed by atoms with van der Waals surface area (Å²) in [4.78, 5) is 17.3. The van der Waals surface area contributed by atoms with Gasteiger partial charge in [-0.1, -0.05) is 30.3 Å². The molecule has 2 aliphatic heterocycles. The maximum atomic E-state index is 12.9. The third-order valence-electron chi connectivity index (χ3n) is 5.43. The van der Waals surface area contributed by atoms with Crippen molar-refractivity contribution in [3.63, 3.8) is 0 Å². The van der Waals surface area contributed by atoms with Crippen LogP contribution in [0.5, 0.6) is 11.5 Å². The lowest BCUT2D eigenvalue weighted by atomic mass is 10.2. The number of nitrogens with zero attached hydrogens (tertiary/aromatic N) is 2. The molecule has 154 valence electrons. The second-order valence-corrected chi connectivity index (χ2v) is 7.67. The number of hydrogen-bond acceptors (Lipinski definition) is 5. The van der Waals surface area contributed by atoms with E-state index in [2.05, 4.69) is 34.5 Å². The Balaban J connectivity index is 1.29. The summed E-state index contributed by atoms with van der Waals surface area (Å²) in [5, 5.41) is 3.32. The molecule has 1 N–H and O–H groups in total. The molecule has 6 nitrogen and oxygen atoms in total. The molecular formula is C23H29N3O3. The lowest BCUT2D eigenvalue weighted by molar-refractivity contribution is -0.133. The molecule has 6 heteroatoms. The van der Waals surface area contributed by atoms with Crippen molar-refractivity contribution in [3.05, 3.63) is 54.1 Å². The van der Waals surface area contributed by atoms with E-state index in [9.17, 15) is 4.79 Å². The largest absolute Gasteiger partial charge is 0.490 e. The molecule has 0 aliphatic carbocycles. The third kappa shape index (κ3) is 5.01. The zero-order valence-electron chi connectivity index (χ0n) is 17.0. The summed E-state index contributed by atoms with van der Waals surface area (Å²) in [6, 6.07) is 16.0. The average Bonchev–Trinajstić information content (AvgIpc) is 2.99. The molecule has 2 heterocycles. The first-order valence-corrected chi connectivity index (χ1v) is 10.4. The Hall–Kier alpha value is -2.73. The highest BCUT2D eigenvalue weighted by Crippen LogP contribution is 2.32. The van der Waals surface area contributed by atoms with Crippen molar-refractivity contribution in [3.8, 4) is 11.5 Å². The summed E-state index contributed by atoms with van der Waals surface area (Å²) in [6.07, 6.45) is 0.878. The van der Waals surface area contributed by atoms with Gasteiger partial charge in [-0.2, -0.15) is 0 Å². The summed E-state index contributed by atoms with van der Waals surface area (Å²) in [7, 11) is 0. The van der Waals surface area contributed by atoms with Crippen LogP contribution in [0.25, 0.3) is 0 Å². The second kappa shape index (κ2) is 9.18. The van der Waals surface area contributed by atoms with Gasteiger partial charge in [-0.05, 0) is 24.6 Å². The van der Waals surface area contributed by atoms with Gasteiger partial charge in [0, 0.05) is 50.9 Å². The smallest absolute Gasteiger partial charge is 0.244 e. The highest BCUT2D eigenvalue weighted by Gasteiger charge is 2.25. The number of carbonyl (C=O) groups excluding carboxylic acids is 1. The van der Waals surface area contributed by atoms with Crippen molar-refractivity contribution in [1.29, 1.82) is 0 Å². The van der Waals surface area contributed by atoms with Gasteiger partial charge in [-0.25, -0.2) is 0 Å². The molecule has 1 saturated heterocycles. The Labute approximate surface area is 172 Å². The number of piperazine rings is 1. The number of fused-ring (bicyclic) bond motifs is 1. The Morgan fingerprint density at radius 2 is 1.72 bits per heavy atom. The topological polar surface area (TPSA) is 54.0 Å². The molecular weight excluding hydrogens is 366 g/mol. The van der Waals surface area contributed by atoms with Crippen molar-refractivity contribution in [2.24, 2.45) is 0 Å². The number of rotatable bonds is 5. The van der Waals surface area contributed by atoms with Crippen molar-refractivity contribution in [2.45, 2.75) is 25.9 Å². The van der Waals surface area contributed by atoms with Crippen LogP contribution >= 0.6 is 0 Å². The van der Waals surface area contributed by atoms with Crippen LogP contribution in [0.3, 0.4) is 0 Å². The molecule has 0 aromatic heterocycles. The average molecular weight is 396 g/mol. The van der Waals surface area contributed by atoms with Crippen molar-refractivity contribution < 1.29 is 14.3 Å². The normalized spacial score (nSPS) is 18.0. The second-order valence-electron chi connectivity index (χ2n) is 7.67. The number of amides is 1. The van der Waals surface area contributed by atoms with E-state index in [1.54, 1.807) is 0 Å². The molecule has 1 fully saturated rings. The van der Waals surface area contributed by atoms with Gasteiger partial charge in [0.25, 0.3) is 0 Å². The van der Waals surface area contributed by atoms with Crippen LogP contribution in [-0.2, 0) is 11.3 Å². The Bertz CT molecular complexity index is 819. The standard InChI is InChI=1S/C23H29N3O3/c1-18(24-20-8-9-21-22(16-20)29-15-5-14-28-21)23(27)26-12-10-25(11-13-26)17-19-6-3-2-4-7-19/h2-4,6-9,16,18,24H,5,10-15,17H2,1H3/t18-/m1/s1. The van der Waals surface area contributed by atoms with E-state index in [-0.39, 0.29) is 11.9 Å². The zero-order valence-corrected chi connectivity index (χ0v) is 17.0. The minimum Gasteiger partial charge on any atom is -0.490 e. The van der Waals surface area contributed by atoms with Gasteiger partial charge in [-0.15, -0.1) is 0 Å². The fourth-order valence-corrected chi connectivity index (χ4v) is 3.81. The molecule has 29 heavy (non-hydrogen) atoms. The fourth-order valence-electron chi connectivity index (χ4n) is 3.81. The number of carbonyl (C=O) groups is 1. The van der Waals surface area contributed by atoms with E-state index in [4.69, 9.17) is 9.47 Å². The molecule has 1 amide bonds. The number of anilines is 1. The summed E-state index contributed by atoms with van der Waals surface area (Å²) in [5.41, 5.74) is 2.19. The third-order valence-corrected chi connectivity index (χ3v) is 5.43. The molecule has 4 rings (SSSR count).